The molecule has 2 nitrogen and oxygen atoms in total. The van der Waals surface area contributed by atoms with Crippen LogP contribution in [-0.4, -0.2) is 9.13 Å². The van der Waals surface area contributed by atoms with E-state index in [0.29, 0.717) is 11.8 Å². The van der Waals surface area contributed by atoms with E-state index in [4.69, 9.17) is 0 Å². The Kier molecular flexibility index (Phi) is 8.96. The molecular weight excluding hydrogens is 749 g/mol. The summed E-state index contributed by atoms with van der Waals surface area (Å²) in [5.74, 6) is 0.842. The summed E-state index contributed by atoms with van der Waals surface area (Å²) < 4.78 is 5.01. The number of para-hydroxylation sites is 2. The molecule has 0 N–H and O–H groups in total. The van der Waals surface area contributed by atoms with Crippen LogP contribution in [0.1, 0.15) is 37.2 Å². The average molecular weight is 795 g/mol. The Balaban J connectivity index is 0.943. The number of hydrogen-bond donors (Lipinski definition) is 0. The summed E-state index contributed by atoms with van der Waals surface area (Å²) in [6.45, 7) is 0. The Labute approximate surface area is 363 Å². The first kappa shape index (κ1) is 36.4. The molecule has 0 aliphatic heterocycles. The molecule has 296 valence electrons. The number of fused-ring (bicyclic) bond motifs is 6. The van der Waals surface area contributed by atoms with E-state index in [9.17, 15) is 0 Å². The minimum atomic E-state index is 0.361. The van der Waals surface area contributed by atoms with Crippen LogP contribution >= 0.6 is 0 Å². The van der Waals surface area contributed by atoms with Gasteiger partial charge >= 0.3 is 0 Å². The topological polar surface area (TPSA) is 9.86 Å². The van der Waals surface area contributed by atoms with E-state index in [2.05, 4.69) is 228 Å². The van der Waals surface area contributed by atoms with Crippen LogP contribution in [0.5, 0.6) is 0 Å². The molecule has 0 amide bonds. The quantitative estimate of drug-likeness (QED) is 0.152. The second-order valence-corrected chi connectivity index (χ2v) is 17.2. The van der Waals surface area contributed by atoms with Gasteiger partial charge in [0.25, 0.3) is 0 Å². The van der Waals surface area contributed by atoms with Gasteiger partial charge in [0.1, 0.15) is 0 Å². The fraction of sp³-hybridized carbons (Fsp3) is 0.100. The zero-order valence-electron chi connectivity index (χ0n) is 34.7. The summed E-state index contributed by atoms with van der Waals surface area (Å²) in [5, 5.41) is 5.11. The van der Waals surface area contributed by atoms with E-state index in [-0.39, 0.29) is 0 Å². The Hall–Kier alpha value is -7.42. The molecular formula is C60H46N2. The van der Waals surface area contributed by atoms with Crippen LogP contribution in [0.3, 0.4) is 0 Å². The van der Waals surface area contributed by atoms with Crippen molar-refractivity contribution in [3.8, 4) is 39.1 Å². The summed E-state index contributed by atoms with van der Waals surface area (Å²) in [4.78, 5) is 0. The van der Waals surface area contributed by atoms with Gasteiger partial charge in [0.05, 0.1) is 22.1 Å². The van der Waals surface area contributed by atoms with Gasteiger partial charge in [-0.05, 0) is 125 Å². The standard InChI is InChI=1S/C60H46N2/c1-4-15-41(16-5-1)44-27-29-45(30-28-44)46-21-14-22-51(36-46)61-57-25-12-10-23-53(57)55-39-47(31-33-59(55)61)48-32-34-60-56(40-48)54-24-11-13-26-58(54)62(60)52-37-49(42-17-6-2-7-18-42)35-50(38-52)43-19-8-3-9-20-43/h1-2,4-8,10-34,36-37,39-40,49-50H,3,9,35,38H2. The monoisotopic (exact) mass is 794 g/mol. The normalized spacial score (nSPS) is 16.6. The predicted molar refractivity (Wildman–Crippen MR) is 263 cm³/mol. The second-order valence-electron chi connectivity index (χ2n) is 17.2. The van der Waals surface area contributed by atoms with Gasteiger partial charge < -0.3 is 9.13 Å². The Morgan fingerprint density at radius 3 is 1.61 bits per heavy atom. The summed E-state index contributed by atoms with van der Waals surface area (Å²) in [5.41, 5.74) is 17.8. The van der Waals surface area contributed by atoms with Crippen LogP contribution in [0, 0.1) is 5.92 Å². The van der Waals surface area contributed by atoms with Crippen molar-refractivity contribution in [1.29, 1.82) is 0 Å². The summed E-state index contributed by atoms with van der Waals surface area (Å²) >= 11 is 0. The summed E-state index contributed by atoms with van der Waals surface area (Å²) in [6, 6.07) is 71.7. The highest BCUT2D eigenvalue weighted by molar-refractivity contribution is 6.13. The van der Waals surface area contributed by atoms with Crippen molar-refractivity contribution in [3.05, 3.63) is 230 Å². The molecule has 0 spiro atoms. The largest absolute Gasteiger partial charge is 0.313 e. The molecule has 2 atom stereocenters. The highest BCUT2D eigenvalue weighted by Gasteiger charge is 2.28. The first-order chi connectivity index (χ1) is 30.7. The third kappa shape index (κ3) is 6.34. The van der Waals surface area contributed by atoms with Gasteiger partial charge in [-0.15, -0.1) is 0 Å². The third-order valence-corrected chi connectivity index (χ3v) is 13.5. The molecule has 2 heterocycles. The molecule has 62 heavy (non-hydrogen) atoms. The fourth-order valence-electron chi connectivity index (χ4n) is 10.5. The number of hydrogen-bond acceptors (Lipinski definition) is 0. The molecule has 2 aromatic heterocycles. The molecule has 0 fully saturated rings. The zero-order chi connectivity index (χ0) is 41.0. The number of benzene rings is 8. The van der Waals surface area contributed by atoms with Crippen LogP contribution in [0.4, 0.5) is 0 Å². The van der Waals surface area contributed by atoms with Crippen molar-refractivity contribution in [2.24, 2.45) is 5.92 Å². The predicted octanol–water partition coefficient (Wildman–Crippen LogP) is 16.2. The molecule has 10 aromatic rings. The molecule has 2 aliphatic rings. The maximum atomic E-state index is 2.58. The Bertz CT molecular complexity index is 3390. The maximum Gasteiger partial charge on any atom is 0.0541 e. The third-order valence-electron chi connectivity index (χ3n) is 13.5. The van der Waals surface area contributed by atoms with Gasteiger partial charge in [-0.1, -0.05) is 170 Å². The van der Waals surface area contributed by atoms with Crippen molar-refractivity contribution in [1.82, 2.24) is 9.13 Å². The minimum Gasteiger partial charge on any atom is -0.313 e. The molecule has 0 saturated carbocycles. The molecule has 2 aliphatic carbocycles. The smallest absolute Gasteiger partial charge is 0.0541 e. The van der Waals surface area contributed by atoms with Gasteiger partial charge in [-0.2, -0.15) is 0 Å². The molecule has 0 bridgehead atoms. The van der Waals surface area contributed by atoms with Gasteiger partial charge in [0.2, 0.25) is 0 Å². The van der Waals surface area contributed by atoms with E-state index in [1.54, 1.807) is 0 Å². The lowest BCUT2D eigenvalue weighted by Crippen LogP contribution is -2.17. The van der Waals surface area contributed by atoms with Crippen molar-refractivity contribution >= 4 is 49.3 Å². The molecule has 12 rings (SSSR count). The van der Waals surface area contributed by atoms with Crippen molar-refractivity contribution in [3.63, 3.8) is 0 Å². The lowest BCUT2D eigenvalue weighted by Gasteiger charge is -2.31. The maximum absolute atomic E-state index is 2.58. The van der Waals surface area contributed by atoms with E-state index in [0.717, 1.165) is 31.4 Å². The van der Waals surface area contributed by atoms with Crippen LogP contribution in [0.25, 0.3) is 88.4 Å². The molecule has 2 heteroatoms. The van der Waals surface area contributed by atoms with Gasteiger partial charge in [0, 0.05) is 38.8 Å². The summed E-state index contributed by atoms with van der Waals surface area (Å²) in [6.07, 6.45) is 14.3. The Morgan fingerprint density at radius 1 is 0.403 bits per heavy atom. The van der Waals surface area contributed by atoms with Crippen LogP contribution in [-0.2, 0) is 0 Å². The molecule has 0 saturated heterocycles. The highest BCUT2D eigenvalue weighted by Crippen LogP contribution is 2.45. The zero-order valence-corrected chi connectivity index (χ0v) is 34.7. The number of rotatable bonds is 7. The van der Waals surface area contributed by atoms with Crippen molar-refractivity contribution in [2.45, 2.75) is 31.6 Å². The first-order valence-corrected chi connectivity index (χ1v) is 22.2. The first-order valence-electron chi connectivity index (χ1n) is 22.2. The lowest BCUT2D eigenvalue weighted by atomic mass is 9.76. The Morgan fingerprint density at radius 2 is 0.935 bits per heavy atom. The number of nitrogens with zero attached hydrogens (tertiary/aromatic N) is 2. The number of aromatic nitrogens is 2. The number of allylic oxidation sites excluding steroid dienone is 6. The molecule has 8 aromatic carbocycles. The average Bonchev–Trinajstić information content (AvgIpc) is 3.87. The van der Waals surface area contributed by atoms with E-state index in [1.165, 1.54) is 93.8 Å². The van der Waals surface area contributed by atoms with Gasteiger partial charge in [0.15, 0.2) is 0 Å². The molecule has 0 radical (unpaired) electrons. The fourth-order valence-corrected chi connectivity index (χ4v) is 10.5. The van der Waals surface area contributed by atoms with Gasteiger partial charge in [-0.3, -0.25) is 0 Å². The minimum absolute atomic E-state index is 0.361. The van der Waals surface area contributed by atoms with Crippen LogP contribution in [0.15, 0.2) is 224 Å². The van der Waals surface area contributed by atoms with E-state index < -0.39 is 0 Å². The van der Waals surface area contributed by atoms with Gasteiger partial charge in [-0.25, -0.2) is 0 Å². The van der Waals surface area contributed by atoms with Crippen molar-refractivity contribution < 1.29 is 0 Å². The second kappa shape index (κ2) is 15.2. The SMILES string of the molecule is C1=CC(C2CC(n3c4ccccc4c4cc(-c5ccc6c(c5)c5ccccc5n6-c5cccc(-c6ccc(-c7ccccc7)cc6)c5)ccc43)=CC(c3ccccc3)C2)=CCC1. The lowest BCUT2D eigenvalue weighted by molar-refractivity contribution is 0.518. The van der Waals surface area contributed by atoms with Crippen LogP contribution in [0.2, 0.25) is 0 Å². The summed E-state index contributed by atoms with van der Waals surface area (Å²) in [7, 11) is 0. The van der Waals surface area contributed by atoms with E-state index in [1.807, 2.05) is 0 Å². The van der Waals surface area contributed by atoms with Crippen LogP contribution < -0.4 is 0 Å². The highest BCUT2D eigenvalue weighted by atomic mass is 15.0. The van der Waals surface area contributed by atoms with E-state index >= 15 is 0 Å². The van der Waals surface area contributed by atoms with Crippen molar-refractivity contribution in [2.75, 3.05) is 0 Å². The molecule has 2 unspecified atom stereocenters.